The summed E-state index contributed by atoms with van der Waals surface area (Å²) in [4.78, 5) is 46.3. The van der Waals surface area contributed by atoms with Crippen molar-refractivity contribution < 1.29 is 48.0 Å². The Morgan fingerprint density at radius 3 is 2.27 bits per heavy atom. The Hall–Kier alpha value is -1.18. The molecule has 1 saturated heterocycles. The predicted octanol–water partition coefficient (Wildman–Crippen LogP) is -2.04. The molecule has 0 aromatic carbocycles. The number of phosphoric acid groups is 2. The molecule has 1 fully saturated rings. The maximum absolute atomic E-state index is 11.6. The molecule has 16 heteroatoms. The van der Waals surface area contributed by atoms with E-state index in [1.54, 1.807) is 13.1 Å². The summed E-state index contributed by atoms with van der Waals surface area (Å²) in [6, 6.07) is 0. The van der Waals surface area contributed by atoms with E-state index in [4.69, 9.17) is 35.2 Å². The van der Waals surface area contributed by atoms with E-state index in [0.717, 1.165) is 0 Å². The number of aromatic nitrogens is 2. The lowest BCUT2D eigenvalue weighted by Crippen LogP contribution is -2.28. The molecule has 8 N–H and O–H groups in total. The highest BCUT2D eigenvalue weighted by atomic mass is 31.3. The van der Waals surface area contributed by atoms with Crippen molar-refractivity contribution in [3.8, 4) is 0 Å². The Morgan fingerprint density at radius 1 is 1.35 bits per heavy atom. The number of rotatable bonds is 4. The molecule has 150 valence electrons. The second kappa shape index (κ2) is 8.67. The fourth-order valence-electron chi connectivity index (χ4n) is 1.97. The number of aliphatic hydroxyl groups excluding tert-OH is 2. The number of hydrogen-bond donors (Lipinski definition) is 7. The van der Waals surface area contributed by atoms with Crippen LogP contribution in [0.3, 0.4) is 0 Å². The van der Waals surface area contributed by atoms with Gasteiger partial charge in [-0.3, -0.25) is 4.57 Å². The van der Waals surface area contributed by atoms with E-state index in [-0.39, 0.29) is 18.8 Å². The van der Waals surface area contributed by atoms with Gasteiger partial charge in [-0.1, -0.05) is 0 Å². The molecule has 0 unspecified atom stereocenters. The highest BCUT2D eigenvalue weighted by molar-refractivity contribution is 7.60. The lowest BCUT2D eigenvalue weighted by atomic mass is 10.2. The summed E-state index contributed by atoms with van der Waals surface area (Å²) in [7, 11) is -10.1. The van der Waals surface area contributed by atoms with Crippen molar-refractivity contribution in [3.05, 3.63) is 22.2 Å². The maximum atomic E-state index is 11.6. The predicted molar refractivity (Wildman–Crippen MR) is 84.4 cm³/mol. The van der Waals surface area contributed by atoms with Gasteiger partial charge in [-0.05, 0) is 6.92 Å². The number of hydrogen-bond acceptors (Lipinski definition) is 9. The molecule has 0 bridgehead atoms. The second-order valence-electron chi connectivity index (χ2n) is 5.18. The molecule has 14 nitrogen and oxygen atoms in total. The number of aryl methyl sites for hydroxylation is 1. The zero-order valence-electron chi connectivity index (χ0n) is 13.3. The largest absolute Gasteiger partial charge is 0.478 e. The average Bonchev–Trinajstić information content (AvgIpc) is 2.80. The van der Waals surface area contributed by atoms with Crippen LogP contribution in [0, 0.1) is 6.92 Å². The molecule has 26 heavy (non-hydrogen) atoms. The molecule has 1 aliphatic heterocycles. The van der Waals surface area contributed by atoms with Gasteiger partial charge in [0.25, 0.3) is 0 Å². The number of nitrogens with two attached hydrogens (primary N) is 1. The van der Waals surface area contributed by atoms with Crippen LogP contribution in [0.4, 0.5) is 5.82 Å². The van der Waals surface area contributed by atoms with Crippen molar-refractivity contribution in [3.63, 3.8) is 0 Å². The Bertz CT molecular complexity index is 752. The van der Waals surface area contributed by atoms with Gasteiger partial charge in [0.1, 0.15) is 18.1 Å². The highest BCUT2D eigenvalue weighted by Gasteiger charge is 2.35. The van der Waals surface area contributed by atoms with E-state index >= 15 is 0 Å². The summed E-state index contributed by atoms with van der Waals surface area (Å²) in [5, 5.41) is 18.6. The van der Waals surface area contributed by atoms with Crippen LogP contribution in [0.1, 0.15) is 18.2 Å². The Labute approximate surface area is 146 Å². The van der Waals surface area contributed by atoms with Crippen LogP contribution in [0.15, 0.2) is 11.0 Å². The topological polar surface area (TPSA) is 235 Å². The van der Waals surface area contributed by atoms with Gasteiger partial charge in [0.05, 0.1) is 12.7 Å². The summed E-state index contributed by atoms with van der Waals surface area (Å²) in [5.41, 5.74) is 5.65. The SMILES string of the molecule is Cc1cn([C@H]2C[C@H](O)[C@@H](CO)O2)c(=O)nc1N.O=P(O)(O)OP(=O)(O)O. The summed E-state index contributed by atoms with van der Waals surface area (Å²) >= 11 is 0. The summed E-state index contributed by atoms with van der Waals surface area (Å²) in [6.45, 7) is 1.45. The molecule has 0 radical (unpaired) electrons. The Morgan fingerprint density at radius 2 is 1.88 bits per heavy atom. The van der Waals surface area contributed by atoms with E-state index < -0.39 is 39.8 Å². The third-order valence-corrected chi connectivity index (χ3v) is 4.78. The van der Waals surface area contributed by atoms with Gasteiger partial charge in [-0.25, -0.2) is 13.9 Å². The molecular formula is C10H19N3O11P2. The third kappa shape index (κ3) is 7.21. The van der Waals surface area contributed by atoms with Crippen molar-refractivity contribution in [1.82, 2.24) is 9.55 Å². The highest BCUT2D eigenvalue weighted by Crippen LogP contribution is 2.53. The lowest BCUT2D eigenvalue weighted by Gasteiger charge is -2.15. The lowest BCUT2D eigenvalue weighted by molar-refractivity contribution is -0.0459. The van der Waals surface area contributed by atoms with Gasteiger partial charge in [0.2, 0.25) is 0 Å². The van der Waals surface area contributed by atoms with Crippen LogP contribution < -0.4 is 11.4 Å². The van der Waals surface area contributed by atoms with Gasteiger partial charge in [-0.15, -0.1) is 0 Å². The third-order valence-electron chi connectivity index (χ3n) is 3.08. The van der Waals surface area contributed by atoms with Gasteiger partial charge in [-0.2, -0.15) is 9.29 Å². The zero-order valence-corrected chi connectivity index (χ0v) is 15.1. The molecule has 3 atom stereocenters. The molecule has 1 aromatic rings. The van der Waals surface area contributed by atoms with E-state index in [0.29, 0.717) is 5.56 Å². The summed E-state index contributed by atoms with van der Waals surface area (Å²) in [6.07, 6.45) is -0.265. The Balaban J connectivity index is 0.000000321. The first-order valence-electron chi connectivity index (χ1n) is 6.85. The smallest absolute Gasteiger partial charge is 0.394 e. The fourth-order valence-corrected chi connectivity index (χ4v) is 3.08. The van der Waals surface area contributed by atoms with Crippen LogP contribution >= 0.6 is 15.6 Å². The number of nitrogens with zero attached hydrogens (tertiary/aromatic N) is 2. The summed E-state index contributed by atoms with van der Waals surface area (Å²) in [5.74, 6) is 0.184. The molecule has 1 aliphatic rings. The number of ether oxygens (including phenoxy) is 1. The molecule has 0 aliphatic carbocycles. The van der Waals surface area contributed by atoms with Gasteiger partial charge < -0.3 is 40.3 Å². The van der Waals surface area contributed by atoms with Gasteiger partial charge >= 0.3 is 21.3 Å². The van der Waals surface area contributed by atoms with E-state index in [1.165, 1.54) is 4.57 Å². The normalized spacial score (nSPS) is 23.4. The fraction of sp³-hybridized carbons (Fsp3) is 0.600. The quantitative estimate of drug-likeness (QED) is 0.261. The minimum atomic E-state index is -5.05. The molecule has 1 aromatic heterocycles. The minimum absolute atomic E-state index is 0.184. The number of nitrogen functional groups attached to an aromatic ring is 1. The van der Waals surface area contributed by atoms with E-state index in [2.05, 4.69) is 9.29 Å². The molecule has 2 heterocycles. The van der Waals surface area contributed by atoms with Crippen LogP contribution in [0.2, 0.25) is 0 Å². The van der Waals surface area contributed by atoms with Gasteiger partial charge in [0.15, 0.2) is 0 Å². The van der Waals surface area contributed by atoms with Crippen LogP contribution in [-0.4, -0.2) is 58.2 Å². The van der Waals surface area contributed by atoms with Crippen molar-refractivity contribution in [2.24, 2.45) is 0 Å². The standard InChI is InChI=1S/C10H15N3O4.H4O7P2/c1-5-3-13(10(16)12-9(5)11)8-2-6(15)7(4-14)17-8;1-8(2,3)7-9(4,5)6/h3,6-8,14-15H,2,4H2,1H3,(H2,11,12,16);(H2,1,2,3)(H2,4,5,6)/t6-,7+,8+;/m0./s1. The zero-order chi connectivity index (χ0) is 20.3. The molecular weight excluding hydrogens is 400 g/mol. The molecule has 2 rings (SSSR count). The van der Waals surface area contributed by atoms with Crippen LogP contribution in [0.25, 0.3) is 0 Å². The van der Waals surface area contributed by atoms with Crippen LogP contribution in [-0.2, 0) is 18.2 Å². The van der Waals surface area contributed by atoms with E-state index in [1.807, 2.05) is 0 Å². The Kier molecular flexibility index (Phi) is 7.62. The first kappa shape index (κ1) is 22.9. The number of aliphatic hydroxyl groups is 2. The van der Waals surface area contributed by atoms with Crippen molar-refractivity contribution in [1.29, 1.82) is 0 Å². The number of anilines is 1. The van der Waals surface area contributed by atoms with E-state index in [9.17, 15) is 19.0 Å². The van der Waals surface area contributed by atoms with Crippen molar-refractivity contribution in [2.75, 3.05) is 12.3 Å². The van der Waals surface area contributed by atoms with Crippen LogP contribution in [0.5, 0.6) is 0 Å². The minimum Gasteiger partial charge on any atom is -0.394 e. The second-order valence-corrected chi connectivity index (χ2v) is 7.79. The maximum Gasteiger partial charge on any atom is 0.478 e. The summed E-state index contributed by atoms with van der Waals surface area (Å²) < 4.78 is 28.9. The monoisotopic (exact) mass is 419 g/mol. The van der Waals surface area contributed by atoms with Gasteiger partial charge in [0, 0.05) is 18.2 Å². The molecule has 0 amide bonds. The first-order chi connectivity index (χ1) is 11.7. The van der Waals surface area contributed by atoms with Crippen molar-refractivity contribution in [2.45, 2.75) is 31.8 Å². The van der Waals surface area contributed by atoms with Crippen molar-refractivity contribution >= 4 is 21.5 Å². The first-order valence-corrected chi connectivity index (χ1v) is 9.91. The molecule has 0 spiro atoms. The average molecular weight is 419 g/mol. The molecule has 0 saturated carbocycles.